The molecule has 2 rings (SSSR count). The van der Waals surface area contributed by atoms with Crippen LogP contribution in [0.3, 0.4) is 0 Å². The number of nitrogens with one attached hydrogen (secondary N) is 1. The maximum absolute atomic E-state index is 10.2. The molecule has 2 N–H and O–H groups in total. The zero-order valence-electron chi connectivity index (χ0n) is 18.1. The van der Waals surface area contributed by atoms with Gasteiger partial charge in [0.05, 0.1) is 18.9 Å². The number of ether oxygens (including phenoxy) is 2. The van der Waals surface area contributed by atoms with Crippen molar-refractivity contribution in [2.45, 2.75) is 45.4 Å². The fourth-order valence-electron chi connectivity index (χ4n) is 3.42. The van der Waals surface area contributed by atoms with Gasteiger partial charge in [-0.15, -0.1) is 0 Å². The molecule has 2 aromatic rings. The standard InChI is InChI=1S/C23H36N2O3/c1-23(2,3)20-10-8-19(9-11-20)15-25-12-6-7-21(25)16-24(13-14-27-4)17-22(26)18-28-5/h6-12,22,26H,13-18H2,1-5H3/p+1/t22-/m0/s1. The molecular weight excluding hydrogens is 352 g/mol. The third-order valence-electron chi connectivity index (χ3n) is 5.07. The van der Waals surface area contributed by atoms with Gasteiger partial charge < -0.3 is 24.0 Å². The lowest BCUT2D eigenvalue weighted by Crippen LogP contribution is -3.12. The predicted molar refractivity (Wildman–Crippen MR) is 113 cm³/mol. The Hall–Kier alpha value is -1.66. The number of hydrogen-bond acceptors (Lipinski definition) is 3. The maximum Gasteiger partial charge on any atom is 0.126 e. The molecule has 0 spiro atoms. The Bertz CT molecular complexity index is 689. The van der Waals surface area contributed by atoms with Gasteiger partial charge in [0.25, 0.3) is 0 Å². The van der Waals surface area contributed by atoms with E-state index in [9.17, 15) is 5.11 Å². The number of rotatable bonds is 11. The highest BCUT2D eigenvalue weighted by atomic mass is 16.5. The summed E-state index contributed by atoms with van der Waals surface area (Å²) in [5.74, 6) is 0. The first kappa shape index (κ1) is 22.6. The lowest BCUT2D eigenvalue weighted by atomic mass is 9.87. The first-order chi connectivity index (χ1) is 13.3. The number of methoxy groups -OCH3 is 2. The molecule has 1 aromatic carbocycles. The molecule has 1 heterocycles. The monoisotopic (exact) mass is 389 g/mol. The normalized spacial score (nSPS) is 14.2. The second-order valence-electron chi connectivity index (χ2n) is 8.56. The minimum Gasteiger partial charge on any atom is -0.385 e. The summed E-state index contributed by atoms with van der Waals surface area (Å²) in [7, 11) is 3.33. The molecule has 0 fully saturated rings. The van der Waals surface area contributed by atoms with Crippen LogP contribution in [0.4, 0.5) is 0 Å². The second kappa shape index (κ2) is 10.8. The van der Waals surface area contributed by atoms with Gasteiger partial charge in [-0.2, -0.15) is 0 Å². The molecule has 1 aromatic heterocycles. The highest BCUT2D eigenvalue weighted by molar-refractivity contribution is 5.28. The zero-order chi connectivity index (χ0) is 20.6. The molecule has 0 aliphatic heterocycles. The van der Waals surface area contributed by atoms with Crippen molar-refractivity contribution < 1.29 is 19.5 Å². The fraction of sp³-hybridized carbons (Fsp3) is 0.565. The molecule has 2 atom stereocenters. The van der Waals surface area contributed by atoms with Crippen molar-refractivity contribution in [2.24, 2.45) is 0 Å². The van der Waals surface area contributed by atoms with Gasteiger partial charge in [-0.05, 0) is 28.7 Å². The van der Waals surface area contributed by atoms with Crippen molar-refractivity contribution in [3.63, 3.8) is 0 Å². The molecule has 1 unspecified atom stereocenters. The number of aliphatic hydroxyl groups excluding tert-OH is 1. The van der Waals surface area contributed by atoms with Crippen molar-refractivity contribution in [3.8, 4) is 0 Å². The van der Waals surface area contributed by atoms with Gasteiger partial charge >= 0.3 is 0 Å². The van der Waals surface area contributed by atoms with Crippen molar-refractivity contribution >= 4 is 0 Å². The quantitative estimate of drug-likeness (QED) is 0.617. The SMILES string of the molecule is COCC[NH+](Cc1cccn1Cc1ccc(C(C)(C)C)cc1)C[C@H](O)COC. The predicted octanol–water partition coefficient (Wildman–Crippen LogP) is 1.87. The summed E-state index contributed by atoms with van der Waals surface area (Å²) in [6, 6.07) is 13.2. The molecule has 0 saturated heterocycles. The number of nitrogens with zero attached hydrogens (tertiary/aromatic N) is 1. The molecular formula is C23H37N2O3+. The summed E-state index contributed by atoms with van der Waals surface area (Å²) in [5.41, 5.74) is 4.08. The van der Waals surface area contributed by atoms with Crippen LogP contribution >= 0.6 is 0 Å². The minimum atomic E-state index is -0.467. The van der Waals surface area contributed by atoms with E-state index < -0.39 is 6.10 Å². The molecule has 5 nitrogen and oxygen atoms in total. The largest absolute Gasteiger partial charge is 0.385 e. The van der Waals surface area contributed by atoms with Crippen LogP contribution in [0, 0.1) is 0 Å². The van der Waals surface area contributed by atoms with Crippen LogP contribution < -0.4 is 4.90 Å². The van der Waals surface area contributed by atoms with E-state index in [0.717, 1.165) is 19.6 Å². The van der Waals surface area contributed by atoms with Gasteiger partial charge in [-0.25, -0.2) is 0 Å². The lowest BCUT2D eigenvalue weighted by Gasteiger charge is -2.23. The maximum atomic E-state index is 10.2. The summed E-state index contributed by atoms with van der Waals surface area (Å²) in [5, 5.41) is 10.2. The number of quaternary nitrogens is 1. The van der Waals surface area contributed by atoms with Crippen molar-refractivity contribution in [1.82, 2.24) is 4.57 Å². The Morgan fingerprint density at radius 1 is 1.07 bits per heavy atom. The Balaban J connectivity index is 2.06. The summed E-state index contributed by atoms with van der Waals surface area (Å²) in [4.78, 5) is 1.29. The molecule has 0 bridgehead atoms. The van der Waals surface area contributed by atoms with Gasteiger partial charge in [0.2, 0.25) is 0 Å². The van der Waals surface area contributed by atoms with E-state index in [4.69, 9.17) is 9.47 Å². The highest BCUT2D eigenvalue weighted by Crippen LogP contribution is 2.22. The zero-order valence-corrected chi connectivity index (χ0v) is 18.1. The first-order valence-electron chi connectivity index (χ1n) is 10.1. The number of aromatic nitrogens is 1. The van der Waals surface area contributed by atoms with Crippen molar-refractivity contribution in [2.75, 3.05) is 40.5 Å². The first-order valence-corrected chi connectivity index (χ1v) is 10.1. The number of benzene rings is 1. The molecule has 0 aliphatic carbocycles. The summed E-state index contributed by atoms with van der Waals surface area (Å²) < 4.78 is 12.6. The Morgan fingerprint density at radius 3 is 2.39 bits per heavy atom. The molecule has 0 aliphatic rings. The number of hydrogen-bond donors (Lipinski definition) is 2. The summed E-state index contributed by atoms with van der Waals surface area (Å²) in [6.45, 7) is 10.9. The topological polar surface area (TPSA) is 48.1 Å². The lowest BCUT2D eigenvalue weighted by molar-refractivity contribution is -0.917. The van der Waals surface area contributed by atoms with E-state index in [1.807, 2.05) is 0 Å². The third kappa shape index (κ3) is 7.06. The van der Waals surface area contributed by atoms with E-state index in [2.05, 4.69) is 67.9 Å². The number of aliphatic hydroxyl groups is 1. The van der Waals surface area contributed by atoms with E-state index in [1.165, 1.54) is 21.7 Å². The van der Waals surface area contributed by atoms with Crippen LogP contribution in [0.15, 0.2) is 42.6 Å². The van der Waals surface area contributed by atoms with Gasteiger partial charge in [-0.3, -0.25) is 0 Å². The van der Waals surface area contributed by atoms with Crippen LogP contribution in [0.25, 0.3) is 0 Å². The van der Waals surface area contributed by atoms with E-state index in [1.54, 1.807) is 14.2 Å². The van der Waals surface area contributed by atoms with E-state index >= 15 is 0 Å². The van der Waals surface area contributed by atoms with Gasteiger partial charge in [-0.1, -0.05) is 45.0 Å². The third-order valence-corrected chi connectivity index (χ3v) is 5.07. The van der Waals surface area contributed by atoms with Crippen molar-refractivity contribution in [3.05, 3.63) is 59.4 Å². The average Bonchev–Trinajstić information content (AvgIpc) is 3.06. The molecule has 0 saturated carbocycles. The summed E-state index contributed by atoms with van der Waals surface area (Å²) >= 11 is 0. The van der Waals surface area contributed by atoms with Crippen LogP contribution in [0.2, 0.25) is 0 Å². The molecule has 156 valence electrons. The van der Waals surface area contributed by atoms with Gasteiger partial charge in [0, 0.05) is 27.0 Å². The van der Waals surface area contributed by atoms with Gasteiger partial charge in [0.15, 0.2) is 0 Å². The minimum absolute atomic E-state index is 0.172. The van der Waals surface area contributed by atoms with Crippen LogP contribution in [-0.2, 0) is 28.0 Å². The van der Waals surface area contributed by atoms with Crippen molar-refractivity contribution in [1.29, 1.82) is 0 Å². The highest BCUT2D eigenvalue weighted by Gasteiger charge is 2.18. The van der Waals surface area contributed by atoms with E-state index in [0.29, 0.717) is 19.8 Å². The average molecular weight is 390 g/mol. The van der Waals surface area contributed by atoms with Crippen LogP contribution in [-0.4, -0.2) is 56.3 Å². The summed E-state index contributed by atoms with van der Waals surface area (Å²) in [6.07, 6.45) is 1.66. The molecule has 28 heavy (non-hydrogen) atoms. The smallest absolute Gasteiger partial charge is 0.126 e. The molecule has 0 amide bonds. The molecule has 5 heteroatoms. The second-order valence-corrected chi connectivity index (χ2v) is 8.56. The Labute approximate surface area is 169 Å². The van der Waals surface area contributed by atoms with Gasteiger partial charge in [0.1, 0.15) is 25.7 Å². The van der Waals surface area contributed by atoms with E-state index in [-0.39, 0.29) is 5.41 Å². The van der Waals surface area contributed by atoms with Crippen LogP contribution in [0.5, 0.6) is 0 Å². The Kier molecular flexibility index (Phi) is 8.70. The van der Waals surface area contributed by atoms with Crippen LogP contribution in [0.1, 0.15) is 37.6 Å². The fourth-order valence-corrected chi connectivity index (χ4v) is 3.42. The molecule has 0 radical (unpaired) electrons. The Morgan fingerprint density at radius 2 is 1.79 bits per heavy atom.